The zero-order chi connectivity index (χ0) is 24.6. The number of benzene rings is 4. The third-order valence-corrected chi connectivity index (χ3v) is 7.01. The molecule has 1 fully saturated rings. The van der Waals surface area contributed by atoms with Crippen LogP contribution < -0.4 is 9.64 Å². The van der Waals surface area contributed by atoms with Crippen molar-refractivity contribution in [1.82, 2.24) is 9.55 Å². The molecule has 0 spiro atoms. The van der Waals surface area contributed by atoms with Gasteiger partial charge in [-0.3, -0.25) is 4.79 Å². The van der Waals surface area contributed by atoms with Gasteiger partial charge in [-0.05, 0) is 60.7 Å². The predicted octanol–water partition coefficient (Wildman–Crippen LogP) is 6.41. The lowest BCUT2D eigenvalue weighted by atomic mass is 10.1. The maximum Gasteiger partial charge on any atom is 0.227 e. The Morgan fingerprint density at radius 2 is 1.67 bits per heavy atom. The topological polar surface area (TPSA) is 47.4 Å². The maximum absolute atomic E-state index is 13.1. The number of rotatable bonds is 6. The molecule has 5 heteroatoms. The number of aryl methyl sites for hydroxylation is 2. The molecule has 1 atom stereocenters. The molecular weight excluding hydrogens is 446 g/mol. The number of fused-ring (bicyclic) bond motifs is 2. The van der Waals surface area contributed by atoms with E-state index in [0.717, 1.165) is 33.7 Å². The first-order chi connectivity index (χ1) is 17.6. The highest BCUT2D eigenvalue weighted by molar-refractivity contribution is 5.96. The molecule has 180 valence electrons. The van der Waals surface area contributed by atoms with Gasteiger partial charge in [-0.1, -0.05) is 54.6 Å². The number of anilines is 1. The van der Waals surface area contributed by atoms with Gasteiger partial charge >= 0.3 is 0 Å². The molecule has 1 aliphatic rings. The van der Waals surface area contributed by atoms with Crippen molar-refractivity contribution in [2.45, 2.75) is 32.7 Å². The number of hydrogen-bond donors (Lipinski definition) is 0. The van der Waals surface area contributed by atoms with Crippen LogP contribution in [0.1, 0.15) is 29.3 Å². The summed E-state index contributed by atoms with van der Waals surface area (Å²) in [5.41, 5.74) is 5.33. The summed E-state index contributed by atoms with van der Waals surface area (Å²) >= 11 is 0. The van der Waals surface area contributed by atoms with Gasteiger partial charge in [0.25, 0.3) is 0 Å². The van der Waals surface area contributed by atoms with Crippen LogP contribution in [-0.4, -0.2) is 28.6 Å². The number of imidazole rings is 1. The number of hydrogen-bond acceptors (Lipinski definition) is 3. The molecule has 0 saturated carbocycles. The van der Waals surface area contributed by atoms with Gasteiger partial charge < -0.3 is 14.2 Å². The number of carbonyl (C=O) groups is 1. The van der Waals surface area contributed by atoms with Crippen LogP contribution in [0.15, 0.2) is 84.9 Å². The fraction of sp³-hybridized carbons (Fsp3) is 0.226. The predicted molar refractivity (Wildman–Crippen MR) is 145 cm³/mol. The Kier molecular flexibility index (Phi) is 5.68. The van der Waals surface area contributed by atoms with Crippen LogP contribution in [0.5, 0.6) is 5.75 Å². The van der Waals surface area contributed by atoms with Gasteiger partial charge in [-0.25, -0.2) is 4.98 Å². The molecule has 1 saturated heterocycles. The lowest BCUT2D eigenvalue weighted by Gasteiger charge is -2.19. The van der Waals surface area contributed by atoms with Crippen molar-refractivity contribution in [2.24, 2.45) is 0 Å². The Morgan fingerprint density at radius 3 is 2.53 bits per heavy atom. The Morgan fingerprint density at radius 1 is 0.917 bits per heavy atom. The van der Waals surface area contributed by atoms with Crippen LogP contribution >= 0.6 is 0 Å². The summed E-state index contributed by atoms with van der Waals surface area (Å²) in [6.45, 7) is 5.96. The zero-order valence-corrected chi connectivity index (χ0v) is 20.6. The normalized spacial score (nSPS) is 15.8. The van der Waals surface area contributed by atoms with Crippen molar-refractivity contribution in [2.75, 3.05) is 18.1 Å². The summed E-state index contributed by atoms with van der Waals surface area (Å²) in [6.07, 6.45) is 0.459. The maximum atomic E-state index is 13.1. The van der Waals surface area contributed by atoms with Crippen molar-refractivity contribution < 1.29 is 9.53 Å². The first-order valence-corrected chi connectivity index (χ1v) is 12.5. The van der Waals surface area contributed by atoms with Crippen molar-refractivity contribution in [3.8, 4) is 5.75 Å². The average Bonchev–Trinajstić information content (AvgIpc) is 3.44. The molecule has 1 aliphatic heterocycles. The second-order valence-corrected chi connectivity index (χ2v) is 9.69. The molecule has 4 aromatic carbocycles. The summed E-state index contributed by atoms with van der Waals surface area (Å²) in [5, 5.41) is 2.28. The number of para-hydroxylation sites is 2. The van der Waals surface area contributed by atoms with E-state index in [-0.39, 0.29) is 11.8 Å². The summed E-state index contributed by atoms with van der Waals surface area (Å²) < 4.78 is 8.51. The standard InChI is InChI=1S/C31H29N3O2/c1-21-16-22(2)18-25(17-21)34-20-24(19-30(34)35)31-32-27-11-5-6-12-28(27)33(31)14-15-36-29-13-7-9-23-8-3-4-10-26(23)29/h3-13,16-18,24H,14-15,19-20H2,1-2H3. The van der Waals surface area contributed by atoms with E-state index in [1.807, 2.05) is 47.4 Å². The lowest BCUT2D eigenvalue weighted by molar-refractivity contribution is -0.117. The van der Waals surface area contributed by atoms with Crippen molar-refractivity contribution in [3.63, 3.8) is 0 Å². The zero-order valence-electron chi connectivity index (χ0n) is 20.6. The smallest absolute Gasteiger partial charge is 0.227 e. The minimum atomic E-state index is 0.0308. The summed E-state index contributed by atoms with van der Waals surface area (Å²) in [6, 6.07) is 28.9. The van der Waals surface area contributed by atoms with E-state index in [2.05, 4.69) is 60.9 Å². The van der Waals surface area contributed by atoms with Crippen LogP contribution in [0.4, 0.5) is 5.69 Å². The second kappa shape index (κ2) is 9.15. The van der Waals surface area contributed by atoms with Crippen LogP contribution in [0.3, 0.4) is 0 Å². The Hall–Kier alpha value is -4.12. The lowest BCUT2D eigenvalue weighted by Crippen LogP contribution is -2.25. The highest BCUT2D eigenvalue weighted by atomic mass is 16.5. The van der Waals surface area contributed by atoms with Gasteiger partial charge in [0.05, 0.1) is 17.6 Å². The SMILES string of the molecule is Cc1cc(C)cc(N2CC(c3nc4ccccc4n3CCOc3cccc4ccccc34)CC2=O)c1. The largest absolute Gasteiger partial charge is 0.491 e. The quantitative estimate of drug-likeness (QED) is 0.285. The van der Waals surface area contributed by atoms with E-state index in [1.54, 1.807) is 0 Å². The van der Waals surface area contributed by atoms with Gasteiger partial charge in [0, 0.05) is 30.0 Å². The molecule has 0 N–H and O–H groups in total. The van der Waals surface area contributed by atoms with Gasteiger partial charge in [0.15, 0.2) is 0 Å². The fourth-order valence-corrected chi connectivity index (χ4v) is 5.45. The van der Waals surface area contributed by atoms with Crippen molar-refractivity contribution in [1.29, 1.82) is 0 Å². The van der Waals surface area contributed by atoms with E-state index in [0.29, 0.717) is 26.1 Å². The molecule has 36 heavy (non-hydrogen) atoms. The first-order valence-electron chi connectivity index (χ1n) is 12.5. The van der Waals surface area contributed by atoms with E-state index in [4.69, 9.17) is 9.72 Å². The number of ether oxygens (including phenoxy) is 1. The van der Waals surface area contributed by atoms with Gasteiger partial charge in [0.2, 0.25) is 5.91 Å². The molecule has 0 aliphatic carbocycles. The van der Waals surface area contributed by atoms with Crippen LogP contribution in [-0.2, 0) is 11.3 Å². The molecule has 1 aromatic heterocycles. The summed E-state index contributed by atoms with van der Waals surface area (Å²) in [5.74, 6) is 2.02. The highest BCUT2D eigenvalue weighted by Crippen LogP contribution is 2.34. The van der Waals surface area contributed by atoms with E-state index < -0.39 is 0 Å². The number of carbonyl (C=O) groups excluding carboxylic acids is 1. The van der Waals surface area contributed by atoms with Gasteiger partial charge in [-0.15, -0.1) is 0 Å². The molecule has 1 unspecified atom stereocenters. The first kappa shape index (κ1) is 22.4. The minimum absolute atomic E-state index is 0.0308. The van der Waals surface area contributed by atoms with Crippen molar-refractivity contribution >= 4 is 33.4 Å². The fourth-order valence-electron chi connectivity index (χ4n) is 5.45. The Bertz CT molecular complexity index is 1560. The molecule has 0 bridgehead atoms. The molecule has 5 nitrogen and oxygen atoms in total. The average molecular weight is 476 g/mol. The number of aromatic nitrogens is 2. The van der Waals surface area contributed by atoms with E-state index in [1.165, 1.54) is 16.5 Å². The molecule has 1 amide bonds. The molecule has 6 rings (SSSR count). The minimum Gasteiger partial charge on any atom is -0.491 e. The summed E-state index contributed by atoms with van der Waals surface area (Å²) in [7, 11) is 0. The van der Waals surface area contributed by atoms with Crippen LogP contribution in [0.25, 0.3) is 21.8 Å². The third kappa shape index (κ3) is 4.11. The Labute approximate surface area is 210 Å². The van der Waals surface area contributed by atoms with E-state index >= 15 is 0 Å². The van der Waals surface area contributed by atoms with Gasteiger partial charge in [-0.2, -0.15) is 0 Å². The molecule has 2 heterocycles. The van der Waals surface area contributed by atoms with Crippen LogP contribution in [0.2, 0.25) is 0 Å². The molecular formula is C31H29N3O2. The van der Waals surface area contributed by atoms with E-state index in [9.17, 15) is 4.79 Å². The second-order valence-electron chi connectivity index (χ2n) is 9.69. The highest BCUT2D eigenvalue weighted by Gasteiger charge is 2.35. The third-order valence-electron chi connectivity index (χ3n) is 7.01. The summed E-state index contributed by atoms with van der Waals surface area (Å²) in [4.78, 5) is 20.0. The molecule has 0 radical (unpaired) electrons. The van der Waals surface area contributed by atoms with Crippen molar-refractivity contribution in [3.05, 3.63) is 102 Å². The molecule has 5 aromatic rings. The van der Waals surface area contributed by atoms with Crippen LogP contribution in [0, 0.1) is 13.8 Å². The number of nitrogens with zero attached hydrogens (tertiary/aromatic N) is 3. The Balaban J connectivity index is 1.28. The number of amides is 1. The van der Waals surface area contributed by atoms with Gasteiger partial charge in [0.1, 0.15) is 18.2 Å². The monoisotopic (exact) mass is 475 g/mol.